The molecule has 0 aliphatic carbocycles. The maximum atomic E-state index is 12.9. The van der Waals surface area contributed by atoms with Crippen LogP contribution in [0.15, 0.2) is 72.9 Å². The number of hydrogen-bond donors (Lipinski definition) is 0. The fourth-order valence-corrected chi connectivity index (χ4v) is 9.48. The summed E-state index contributed by atoms with van der Waals surface area (Å²) in [6.07, 6.45) is 83.5. The molecule has 0 aromatic carbocycles. The van der Waals surface area contributed by atoms with E-state index in [4.69, 9.17) is 14.2 Å². The van der Waals surface area contributed by atoms with Crippen molar-refractivity contribution in [2.45, 2.75) is 341 Å². The molecule has 0 saturated carbocycles. The van der Waals surface area contributed by atoms with Crippen LogP contribution < -0.4 is 0 Å². The van der Waals surface area contributed by atoms with E-state index in [1.807, 2.05) is 0 Å². The van der Waals surface area contributed by atoms with Crippen LogP contribution in [0.2, 0.25) is 0 Å². The molecule has 0 saturated heterocycles. The average Bonchev–Trinajstić information content (AvgIpc) is 3.42. The summed E-state index contributed by atoms with van der Waals surface area (Å²) in [5.41, 5.74) is 0. The van der Waals surface area contributed by atoms with Gasteiger partial charge in [-0.25, -0.2) is 0 Å². The van der Waals surface area contributed by atoms with Crippen molar-refractivity contribution in [1.29, 1.82) is 0 Å². The van der Waals surface area contributed by atoms with Crippen molar-refractivity contribution >= 4 is 17.9 Å². The Labute approximate surface area is 472 Å². The second-order valence-corrected chi connectivity index (χ2v) is 22.0. The van der Waals surface area contributed by atoms with Crippen LogP contribution in [0.1, 0.15) is 335 Å². The predicted molar refractivity (Wildman–Crippen MR) is 330 cm³/mol. The number of rotatable bonds is 60. The first-order valence-electron chi connectivity index (χ1n) is 32.9. The Morgan fingerprint density at radius 1 is 0.276 bits per heavy atom. The van der Waals surface area contributed by atoms with Crippen molar-refractivity contribution in [3.05, 3.63) is 72.9 Å². The van der Waals surface area contributed by atoms with Gasteiger partial charge in [0.1, 0.15) is 13.2 Å². The van der Waals surface area contributed by atoms with Gasteiger partial charge in [0.25, 0.3) is 0 Å². The Morgan fingerprint density at radius 2 is 0.513 bits per heavy atom. The van der Waals surface area contributed by atoms with Crippen molar-refractivity contribution in [2.75, 3.05) is 13.2 Å². The van der Waals surface area contributed by atoms with Crippen LogP contribution in [0.25, 0.3) is 0 Å². The summed E-state index contributed by atoms with van der Waals surface area (Å²) in [4.78, 5) is 38.3. The second kappa shape index (κ2) is 64.4. The molecule has 0 N–H and O–H groups in total. The van der Waals surface area contributed by atoms with Gasteiger partial charge in [0.15, 0.2) is 6.10 Å². The quantitative estimate of drug-likeness (QED) is 0.0261. The largest absolute Gasteiger partial charge is 0.462 e. The third-order valence-electron chi connectivity index (χ3n) is 14.4. The lowest BCUT2D eigenvalue weighted by atomic mass is 10.0. The van der Waals surface area contributed by atoms with Crippen molar-refractivity contribution in [3.63, 3.8) is 0 Å². The van der Waals surface area contributed by atoms with Crippen molar-refractivity contribution in [3.8, 4) is 0 Å². The Balaban J connectivity index is 4.27. The molecule has 6 nitrogen and oxygen atoms in total. The summed E-state index contributed by atoms with van der Waals surface area (Å²) >= 11 is 0. The number of hydrogen-bond acceptors (Lipinski definition) is 6. The molecule has 0 amide bonds. The maximum Gasteiger partial charge on any atom is 0.306 e. The number of carbonyl (C=O) groups excluding carboxylic acids is 3. The van der Waals surface area contributed by atoms with Gasteiger partial charge in [0.2, 0.25) is 0 Å². The highest BCUT2D eigenvalue weighted by atomic mass is 16.6. The standard InChI is InChI=1S/C70H124O6/c1-4-7-10-13-16-19-22-25-28-30-31-32-33-34-35-36-37-38-39-40-43-45-48-51-54-57-60-63-69(72)75-66-67(65-74-68(71)62-59-56-53-50-47-44-41-27-24-21-18-15-12-9-6-3)76-70(73)64-61-58-55-52-49-46-42-29-26-23-20-17-14-11-8-5-2/h9,12,18,20-21,23,27,29-31,41-42,67H,4-8,10-11,13-17,19,22,24-26,28,32-40,43-66H2,1-3H3/b12-9-,21-18-,23-20-,31-30-,41-27-,42-29-. The van der Waals surface area contributed by atoms with Crippen molar-refractivity contribution in [2.24, 2.45) is 0 Å². The van der Waals surface area contributed by atoms with Crippen LogP contribution in [-0.4, -0.2) is 37.2 Å². The first-order valence-corrected chi connectivity index (χ1v) is 32.9. The minimum Gasteiger partial charge on any atom is -0.462 e. The molecule has 1 atom stereocenters. The third-order valence-corrected chi connectivity index (χ3v) is 14.4. The van der Waals surface area contributed by atoms with E-state index in [1.54, 1.807) is 0 Å². The van der Waals surface area contributed by atoms with Crippen LogP contribution in [0.5, 0.6) is 0 Å². The van der Waals surface area contributed by atoms with Gasteiger partial charge in [-0.2, -0.15) is 0 Å². The molecule has 440 valence electrons. The minimum atomic E-state index is -0.791. The lowest BCUT2D eigenvalue weighted by Gasteiger charge is -2.18. The van der Waals surface area contributed by atoms with Gasteiger partial charge in [0.05, 0.1) is 0 Å². The predicted octanol–water partition coefficient (Wildman–Crippen LogP) is 22.5. The highest BCUT2D eigenvalue weighted by molar-refractivity contribution is 5.71. The van der Waals surface area contributed by atoms with Crippen LogP contribution in [0, 0.1) is 0 Å². The number of esters is 3. The molecular weight excluding hydrogens is 937 g/mol. The molecule has 1 unspecified atom stereocenters. The molecule has 0 fully saturated rings. The molecule has 0 spiro atoms. The van der Waals surface area contributed by atoms with Gasteiger partial charge in [-0.3, -0.25) is 14.4 Å². The normalized spacial score (nSPS) is 12.5. The third kappa shape index (κ3) is 61.7. The Hall–Kier alpha value is -3.15. The second-order valence-electron chi connectivity index (χ2n) is 22.0. The summed E-state index contributed by atoms with van der Waals surface area (Å²) in [6, 6.07) is 0. The lowest BCUT2D eigenvalue weighted by molar-refractivity contribution is -0.167. The lowest BCUT2D eigenvalue weighted by Crippen LogP contribution is -2.30. The Kier molecular flexibility index (Phi) is 61.7. The summed E-state index contributed by atoms with van der Waals surface area (Å²) in [5, 5.41) is 0. The van der Waals surface area contributed by atoms with Gasteiger partial charge in [0, 0.05) is 19.3 Å². The molecule has 0 heterocycles. The van der Waals surface area contributed by atoms with E-state index in [9.17, 15) is 14.4 Å². The summed E-state index contributed by atoms with van der Waals surface area (Å²) in [5.74, 6) is -0.902. The van der Waals surface area contributed by atoms with Gasteiger partial charge >= 0.3 is 17.9 Å². The van der Waals surface area contributed by atoms with E-state index < -0.39 is 6.10 Å². The molecule has 0 aromatic rings. The zero-order valence-electron chi connectivity index (χ0n) is 50.5. The first-order chi connectivity index (χ1) is 37.5. The summed E-state index contributed by atoms with van der Waals surface area (Å²) < 4.78 is 16.9. The highest BCUT2D eigenvalue weighted by Crippen LogP contribution is 2.17. The molecule has 0 aromatic heterocycles. The monoisotopic (exact) mass is 1060 g/mol. The molecule has 0 radical (unpaired) electrons. The van der Waals surface area contributed by atoms with E-state index >= 15 is 0 Å². The Morgan fingerprint density at radius 3 is 0.829 bits per heavy atom. The molecule has 76 heavy (non-hydrogen) atoms. The van der Waals surface area contributed by atoms with Crippen LogP contribution in [0.3, 0.4) is 0 Å². The summed E-state index contributed by atoms with van der Waals surface area (Å²) in [6.45, 7) is 6.52. The van der Waals surface area contributed by atoms with Crippen LogP contribution >= 0.6 is 0 Å². The molecule has 0 aliphatic heterocycles. The molecule has 0 bridgehead atoms. The van der Waals surface area contributed by atoms with E-state index in [2.05, 4.69) is 93.7 Å². The average molecular weight is 1060 g/mol. The van der Waals surface area contributed by atoms with E-state index in [0.717, 1.165) is 122 Å². The zero-order valence-corrected chi connectivity index (χ0v) is 50.5. The van der Waals surface area contributed by atoms with Gasteiger partial charge in [-0.1, -0.05) is 280 Å². The van der Waals surface area contributed by atoms with Crippen LogP contribution in [-0.2, 0) is 28.6 Å². The number of allylic oxidation sites excluding steroid dienone is 12. The SMILES string of the molecule is CC/C=C\C/C=C\C/C=C\CCCCCCCC(=O)OCC(COC(=O)CCCCCCCCCCCCCCCCC/C=C\CCCCCCCCCC)OC(=O)CCCCCCC/C=C\C/C=C\CCCCCC. The van der Waals surface area contributed by atoms with E-state index in [0.29, 0.717) is 19.3 Å². The van der Waals surface area contributed by atoms with Gasteiger partial charge in [-0.15, -0.1) is 0 Å². The molecule has 0 rings (SSSR count). The summed E-state index contributed by atoms with van der Waals surface area (Å²) in [7, 11) is 0. The number of unbranched alkanes of at least 4 members (excludes halogenated alkanes) is 37. The fraction of sp³-hybridized carbons (Fsp3) is 0.786. The van der Waals surface area contributed by atoms with E-state index in [-0.39, 0.29) is 31.1 Å². The molecular formula is C70H124O6. The van der Waals surface area contributed by atoms with Gasteiger partial charge in [-0.05, 0) is 109 Å². The number of ether oxygens (including phenoxy) is 3. The zero-order chi connectivity index (χ0) is 55.0. The van der Waals surface area contributed by atoms with Crippen molar-refractivity contribution in [1.82, 2.24) is 0 Å². The molecule has 6 heteroatoms. The first kappa shape index (κ1) is 72.8. The topological polar surface area (TPSA) is 78.9 Å². The number of carbonyl (C=O) groups is 3. The molecule has 0 aliphatic rings. The highest BCUT2D eigenvalue weighted by Gasteiger charge is 2.19. The van der Waals surface area contributed by atoms with E-state index in [1.165, 1.54) is 173 Å². The van der Waals surface area contributed by atoms with Gasteiger partial charge < -0.3 is 14.2 Å². The van der Waals surface area contributed by atoms with Crippen molar-refractivity contribution < 1.29 is 28.6 Å². The smallest absolute Gasteiger partial charge is 0.306 e. The maximum absolute atomic E-state index is 12.9. The van der Waals surface area contributed by atoms with Crippen LogP contribution in [0.4, 0.5) is 0 Å². The fourth-order valence-electron chi connectivity index (χ4n) is 9.48. The minimum absolute atomic E-state index is 0.0848. The Bertz CT molecular complexity index is 1400.